The van der Waals surface area contributed by atoms with Gasteiger partial charge in [0.1, 0.15) is 12.4 Å². The van der Waals surface area contributed by atoms with Crippen LogP contribution in [0.2, 0.25) is 0 Å². The summed E-state index contributed by atoms with van der Waals surface area (Å²) in [5.41, 5.74) is 4.34. The smallest absolute Gasteiger partial charge is 0.335 e. The Bertz CT molecular complexity index is 1280. The maximum absolute atomic E-state index is 13.2. The Morgan fingerprint density at radius 3 is 2.55 bits per heavy atom. The fourth-order valence-electron chi connectivity index (χ4n) is 3.38. The molecule has 1 saturated heterocycles. The third-order valence-electron chi connectivity index (χ3n) is 5.21. The number of para-hydroxylation sites is 1. The zero-order valence-corrected chi connectivity index (χ0v) is 19.7. The number of carbonyl (C=O) groups is 2. The van der Waals surface area contributed by atoms with Gasteiger partial charge in [0.2, 0.25) is 0 Å². The zero-order valence-electron chi connectivity index (χ0n) is 18.1. The van der Waals surface area contributed by atoms with E-state index >= 15 is 0 Å². The first kappa shape index (κ1) is 22.8. The lowest BCUT2D eigenvalue weighted by molar-refractivity contribution is -0.113. The van der Waals surface area contributed by atoms with E-state index in [1.807, 2.05) is 62.4 Å². The van der Waals surface area contributed by atoms with E-state index in [1.165, 1.54) is 34.4 Å². The van der Waals surface area contributed by atoms with Crippen molar-refractivity contribution < 1.29 is 19.4 Å². The molecule has 0 bridgehead atoms. The summed E-state index contributed by atoms with van der Waals surface area (Å²) in [6.07, 6.45) is 1.76. The van der Waals surface area contributed by atoms with Crippen LogP contribution in [0.5, 0.6) is 5.75 Å². The zero-order chi connectivity index (χ0) is 23.5. The highest BCUT2D eigenvalue weighted by molar-refractivity contribution is 8.27. The lowest BCUT2D eigenvalue weighted by Crippen LogP contribution is -2.28. The average molecular weight is 476 g/mol. The predicted octanol–water partition coefficient (Wildman–Crippen LogP) is 5.99. The summed E-state index contributed by atoms with van der Waals surface area (Å²) in [5, 5.41) is 9.33. The van der Waals surface area contributed by atoms with Crippen LogP contribution < -0.4 is 9.64 Å². The van der Waals surface area contributed by atoms with E-state index in [2.05, 4.69) is 0 Å². The van der Waals surface area contributed by atoms with Crippen molar-refractivity contribution in [2.24, 2.45) is 0 Å². The number of aryl methyl sites for hydroxylation is 2. The molecule has 0 unspecified atom stereocenters. The van der Waals surface area contributed by atoms with Crippen LogP contribution in [-0.4, -0.2) is 21.3 Å². The third kappa shape index (κ3) is 4.99. The van der Waals surface area contributed by atoms with Crippen LogP contribution in [0.4, 0.5) is 5.69 Å². The SMILES string of the molecule is Cc1ccc(COc2ccccc2C=C2SC(=S)N(c3cc(C(=O)O)ccc3C)C2=O)cc1. The number of ether oxygens (including phenoxy) is 1. The summed E-state index contributed by atoms with van der Waals surface area (Å²) in [5.74, 6) is -0.687. The maximum Gasteiger partial charge on any atom is 0.335 e. The molecular weight excluding hydrogens is 454 g/mol. The molecule has 1 aliphatic heterocycles. The van der Waals surface area contributed by atoms with Crippen molar-refractivity contribution in [3.8, 4) is 5.75 Å². The monoisotopic (exact) mass is 475 g/mol. The number of aromatic carboxylic acids is 1. The third-order valence-corrected chi connectivity index (χ3v) is 6.51. The molecule has 1 amide bonds. The Kier molecular flexibility index (Phi) is 6.62. The number of benzene rings is 3. The molecule has 5 nitrogen and oxygen atoms in total. The van der Waals surface area contributed by atoms with Crippen molar-refractivity contribution >= 4 is 51.9 Å². The van der Waals surface area contributed by atoms with Crippen LogP contribution in [0.25, 0.3) is 6.08 Å². The molecule has 1 fully saturated rings. The summed E-state index contributed by atoms with van der Waals surface area (Å²) in [7, 11) is 0. The van der Waals surface area contributed by atoms with Crippen molar-refractivity contribution in [2.45, 2.75) is 20.5 Å². The second-order valence-electron chi connectivity index (χ2n) is 7.64. The van der Waals surface area contributed by atoms with Gasteiger partial charge in [-0.05, 0) is 49.2 Å². The first-order valence-electron chi connectivity index (χ1n) is 10.2. The normalized spacial score (nSPS) is 14.7. The van der Waals surface area contributed by atoms with Crippen LogP contribution in [0.15, 0.2) is 71.6 Å². The molecule has 0 radical (unpaired) electrons. The lowest BCUT2D eigenvalue weighted by atomic mass is 10.1. The Hall–Kier alpha value is -3.42. The van der Waals surface area contributed by atoms with Gasteiger partial charge >= 0.3 is 5.97 Å². The molecule has 0 aromatic heterocycles. The van der Waals surface area contributed by atoms with Crippen LogP contribution in [0.3, 0.4) is 0 Å². The fourth-order valence-corrected chi connectivity index (χ4v) is 4.65. The van der Waals surface area contributed by atoms with Gasteiger partial charge < -0.3 is 9.84 Å². The summed E-state index contributed by atoms with van der Waals surface area (Å²) < 4.78 is 6.39. The second kappa shape index (κ2) is 9.60. The minimum atomic E-state index is -1.06. The summed E-state index contributed by atoms with van der Waals surface area (Å²) in [6.45, 7) is 4.26. The number of hydrogen-bond donors (Lipinski definition) is 1. The highest BCUT2D eigenvalue weighted by atomic mass is 32.2. The highest BCUT2D eigenvalue weighted by Crippen LogP contribution is 2.38. The maximum atomic E-state index is 13.2. The van der Waals surface area contributed by atoms with E-state index in [0.717, 1.165) is 16.7 Å². The molecule has 1 aliphatic rings. The van der Waals surface area contributed by atoms with Crippen LogP contribution in [0, 0.1) is 13.8 Å². The number of amides is 1. The molecule has 7 heteroatoms. The molecule has 4 rings (SSSR count). The van der Waals surface area contributed by atoms with Crippen molar-refractivity contribution in [1.29, 1.82) is 0 Å². The van der Waals surface area contributed by atoms with E-state index in [9.17, 15) is 14.7 Å². The molecule has 0 spiro atoms. The number of nitrogens with zero attached hydrogens (tertiary/aromatic N) is 1. The number of carboxylic acids is 1. The van der Waals surface area contributed by atoms with Gasteiger partial charge in [0.15, 0.2) is 4.32 Å². The van der Waals surface area contributed by atoms with Crippen LogP contribution >= 0.6 is 24.0 Å². The highest BCUT2D eigenvalue weighted by Gasteiger charge is 2.34. The predicted molar refractivity (Wildman–Crippen MR) is 136 cm³/mol. The summed E-state index contributed by atoms with van der Waals surface area (Å²) >= 11 is 6.65. The van der Waals surface area contributed by atoms with Gasteiger partial charge in [0.25, 0.3) is 5.91 Å². The molecular formula is C26H21NO4S2. The molecule has 0 atom stereocenters. The molecule has 166 valence electrons. The average Bonchev–Trinajstić information content (AvgIpc) is 3.07. The van der Waals surface area contributed by atoms with Gasteiger partial charge in [-0.3, -0.25) is 9.69 Å². The number of hydrogen-bond acceptors (Lipinski definition) is 5. The number of thioether (sulfide) groups is 1. The van der Waals surface area contributed by atoms with Crippen molar-refractivity contribution in [3.63, 3.8) is 0 Å². The quantitative estimate of drug-likeness (QED) is 0.349. The molecule has 0 aliphatic carbocycles. The minimum absolute atomic E-state index is 0.100. The lowest BCUT2D eigenvalue weighted by Gasteiger charge is -2.17. The first-order valence-corrected chi connectivity index (χ1v) is 11.5. The number of carboxylic acid groups (broad SMARTS) is 1. The van der Waals surface area contributed by atoms with E-state index in [0.29, 0.717) is 27.3 Å². The Morgan fingerprint density at radius 1 is 1.09 bits per heavy atom. The fraction of sp³-hybridized carbons (Fsp3) is 0.115. The number of anilines is 1. The molecule has 1 heterocycles. The van der Waals surface area contributed by atoms with Crippen molar-refractivity contribution in [1.82, 2.24) is 0 Å². The molecule has 3 aromatic rings. The van der Waals surface area contributed by atoms with Gasteiger partial charge in [-0.25, -0.2) is 4.79 Å². The topological polar surface area (TPSA) is 66.8 Å². The Morgan fingerprint density at radius 2 is 1.82 bits per heavy atom. The summed E-state index contributed by atoms with van der Waals surface area (Å²) in [4.78, 5) is 26.5. The van der Waals surface area contributed by atoms with Crippen LogP contribution in [-0.2, 0) is 11.4 Å². The Balaban J connectivity index is 1.60. The summed E-state index contributed by atoms with van der Waals surface area (Å²) in [6, 6.07) is 20.3. The molecule has 33 heavy (non-hydrogen) atoms. The second-order valence-corrected chi connectivity index (χ2v) is 9.31. The van der Waals surface area contributed by atoms with E-state index < -0.39 is 5.97 Å². The van der Waals surface area contributed by atoms with Gasteiger partial charge in [-0.15, -0.1) is 0 Å². The van der Waals surface area contributed by atoms with E-state index in [-0.39, 0.29) is 11.5 Å². The largest absolute Gasteiger partial charge is 0.488 e. The standard InChI is InChI=1S/C26H21NO4S2/c1-16-7-10-18(11-8-16)15-31-22-6-4-3-5-19(22)14-23-24(28)27(26(32)33-23)21-13-20(25(29)30)12-9-17(21)2/h3-14H,15H2,1-2H3,(H,29,30). The van der Waals surface area contributed by atoms with Gasteiger partial charge in [-0.2, -0.15) is 0 Å². The van der Waals surface area contributed by atoms with Gasteiger partial charge in [0.05, 0.1) is 16.2 Å². The number of carbonyl (C=O) groups excluding carboxylic acids is 1. The van der Waals surface area contributed by atoms with Crippen LogP contribution in [0.1, 0.15) is 32.6 Å². The van der Waals surface area contributed by atoms with Gasteiger partial charge in [-0.1, -0.05) is 78.1 Å². The van der Waals surface area contributed by atoms with E-state index in [4.69, 9.17) is 17.0 Å². The van der Waals surface area contributed by atoms with E-state index in [1.54, 1.807) is 12.1 Å². The number of thiocarbonyl (C=S) groups is 1. The molecule has 0 saturated carbocycles. The minimum Gasteiger partial charge on any atom is -0.488 e. The Labute approximate surface area is 201 Å². The molecule has 1 N–H and O–H groups in total. The van der Waals surface area contributed by atoms with Crippen molar-refractivity contribution in [2.75, 3.05) is 4.90 Å². The number of rotatable bonds is 6. The molecule has 3 aromatic carbocycles. The first-order chi connectivity index (χ1) is 15.8. The van der Waals surface area contributed by atoms with Crippen molar-refractivity contribution in [3.05, 3.63) is 99.5 Å². The van der Waals surface area contributed by atoms with Gasteiger partial charge in [0, 0.05) is 5.56 Å².